The van der Waals surface area contributed by atoms with Gasteiger partial charge in [0, 0.05) is 5.56 Å². The van der Waals surface area contributed by atoms with Crippen LogP contribution in [0.1, 0.15) is 19.4 Å². The molecule has 7 nitrogen and oxygen atoms in total. The van der Waals surface area contributed by atoms with Gasteiger partial charge in [0.25, 0.3) is 0 Å². The van der Waals surface area contributed by atoms with E-state index in [1.807, 2.05) is 56.3 Å². The first-order chi connectivity index (χ1) is 13.7. The first-order valence-electron chi connectivity index (χ1n) is 8.92. The van der Waals surface area contributed by atoms with Crippen LogP contribution in [0.2, 0.25) is 0 Å². The van der Waals surface area contributed by atoms with Crippen LogP contribution in [0.15, 0.2) is 47.6 Å². The highest BCUT2D eigenvalue weighted by Crippen LogP contribution is 2.27. The van der Waals surface area contributed by atoms with Gasteiger partial charge in [0.05, 0.1) is 26.5 Å². The molecule has 0 spiro atoms. The van der Waals surface area contributed by atoms with Crippen molar-refractivity contribution >= 4 is 18.4 Å². The van der Waals surface area contributed by atoms with E-state index >= 15 is 0 Å². The monoisotopic (exact) mass is 398 g/mol. The quantitative estimate of drug-likeness (QED) is 0.452. The zero-order valence-electron chi connectivity index (χ0n) is 16.0. The Labute approximate surface area is 168 Å². The van der Waals surface area contributed by atoms with E-state index in [2.05, 4.69) is 15.3 Å². The van der Waals surface area contributed by atoms with Gasteiger partial charge in [-0.3, -0.25) is 0 Å². The molecule has 28 heavy (non-hydrogen) atoms. The topological polar surface area (TPSA) is 73.7 Å². The number of hydrogen-bond acceptors (Lipinski definition) is 6. The van der Waals surface area contributed by atoms with E-state index < -0.39 is 0 Å². The highest BCUT2D eigenvalue weighted by atomic mass is 32.1. The fourth-order valence-corrected chi connectivity index (χ4v) is 2.80. The number of rotatable bonds is 8. The largest absolute Gasteiger partial charge is 0.494 e. The van der Waals surface area contributed by atoms with Gasteiger partial charge >= 0.3 is 0 Å². The van der Waals surface area contributed by atoms with E-state index in [9.17, 15) is 0 Å². The number of nitrogens with one attached hydrogen (secondary N) is 1. The molecule has 0 unspecified atom stereocenters. The molecular formula is C20H22N4O3S. The molecule has 0 saturated heterocycles. The number of aromatic nitrogens is 3. The van der Waals surface area contributed by atoms with Crippen molar-refractivity contribution in [1.29, 1.82) is 0 Å². The molecule has 0 aliphatic heterocycles. The molecule has 0 amide bonds. The second kappa shape index (κ2) is 9.18. The van der Waals surface area contributed by atoms with Gasteiger partial charge < -0.3 is 14.2 Å². The maximum Gasteiger partial charge on any atom is 0.216 e. The molecular weight excluding hydrogens is 376 g/mol. The highest BCUT2D eigenvalue weighted by Gasteiger charge is 2.09. The lowest BCUT2D eigenvalue weighted by molar-refractivity contribution is 0.311. The number of methoxy groups -OCH3 is 1. The van der Waals surface area contributed by atoms with Crippen LogP contribution in [0.3, 0.4) is 0 Å². The first kappa shape index (κ1) is 19.6. The standard InChI is InChI=1S/C20H22N4O3S/c1-4-26-16-9-7-15(8-10-16)19-22-23-20(28)24(19)21-13-14-6-11-17(27-5-2)18(12-14)25-3/h6-13H,4-5H2,1-3H3,(H,23,28)/b21-13-. The fraction of sp³-hybridized carbons (Fsp3) is 0.250. The van der Waals surface area contributed by atoms with Gasteiger partial charge in [-0.2, -0.15) is 14.9 Å². The minimum absolute atomic E-state index is 0.401. The number of ether oxygens (including phenoxy) is 3. The van der Waals surface area contributed by atoms with Crippen molar-refractivity contribution in [1.82, 2.24) is 14.9 Å². The maximum absolute atomic E-state index is 5.54. The van der Waals surface area contributed by atoms with Crippen molar-refractivity contribution in [2.24, 2.45) is 5.10 Å². The lowest BCUT2D eigenvalue weighted by atomic mass is 10.2. The van der Waals surface area contributed by atoms with Gasteiger partial charge in [-0.15, -0.1) is 0 Å². The molecule has 1 heterocycles. The second-order valence-corrected chi connectivity index (χ2v) is 6.10. The van der Waals surface area contributed by atoms with Gasteiger partial charge in [0.15, 0.2) is 17.3 Å². The fourth-order valence-electron chi connectivity index (χ4n) is 2.62. The van der Waals surface area contributed by atoms with Crippen molar-refractivity contribution < 1.29 is 14.2 Å². The Morgan fingerprint density at radius 1 is 1.07 bits per heavy atom. The van der Waals surface area contributed by atoms with Crippen LogP contribution < -0.4 is 14.2 Å². The zero-order valence-corrected chi connectivity index (χ0v) is 16.8. The Balaban J connectivity index is 1.89. The summed E-state index contributed by atoms with van der Waals surface area (Å²) in [6.45, 7) is 5.06. The summed E-state index contributed by atoms with van der Waals surface area (Å²) in [5.74, 6) is 2.75. The third-order valence-corrected chi connectivity index (χ3v) is 4.15. The van der Waals surface area contributed by atoms with Crippen LogP contribution in [0.4, 0.5) is 0 Å². The Hall–Kier alpha value is -3.13. The third kappa shape index (κ3) is 4.40. The Morgan fingerprint density at radius 2 is 1.82 bits per heavy atom. The summed E-state index contributed by atoms with van der Waals surface area (Å²) < 4.78 is 18.4. The van der Waals surface area contributed by atoms with Crippen LogP contribution in [0.5, 0.6) is 17.2 Å². The highest BCUT2D eigenvalue weighted by molar-refractivity contribution is 7.71. The van der Waals surface area contributed by atoms with Crippen LogP contribution in [0, 0.1) is 4.77 Å². The summed E-state index contributed by atoms with van der Waals surface area (Å²) in [6, 6.07) is 13.2. The van der Waals surface area contributed by atoms with Crippen molar-refractivity contribution in [2.75, 3.05) is 20.3 Å². The molecule has 0 aliphatic carbocycles. The summed E-state index contributed by atoms with van der Waals surface area (Å²) in [5.41, 5.74) is 1.72. The molecule has 3 aromatic rings. The minimum atomic E-state index is 0.401. The molecule has 0 atom stereocenters. The zero-order chi connectivity index (χ0) is 19.9. The molecule has 0 aliphatic rings. The number of aromatic amines is 1. The maximum atomic E-state index is 5.54. The summed E-state index contributed by atoms with van der Waals surface area (Å²) in [6.07, 6.45) is 1.70. The number of benzene rings is 2. The molecule has 1 N–H and O–H groups in total. The van der Waals surface area contributed by atoms with E-state index in [1.165, 1.54) is 0 Å². The van der Waals surface area contributed by atoms with Crippen LogP contribution >= 0.6 is 12.2 Å². The van der Waals surface area contributed by atoms with E-state index in [1.54, 1.807) is 18.0 Å². The molecule has 2 aromatic carbocycles. The summed E-state index contributed by atoms with van der Waals surface area (Å²) >= 11 is 5.32. The van der Waals surface area contributed by atoms with E-state index in [4.69, 9.17) is 26.4 Å². The predicted octanol–water partition coefficient (Wildman–Crippen LogP) is 4.30. The molecule has 0 radical (unpaired) electrons. The molecule has 3 rings (SSSR count). The number of H-pyrrole nitrogens is 1. The summed E-state index contributed by atoms with van der Waals surface area (Å²) in [5, 5.41) is 11.6. The first-order valence-corrected chi connectivity index (χ1v) is 9.33. The van der Waals surface area contributed by atoms with Gasteiger partial charge in [0.2, 0.25) is 4.77 Å². The van der Waals surface area contributed by atoms with Gasteiger partial charge in [-0.25, -0.2) is 5.10 Å². The average molecular weight is 398 g/mol. The van der Waals surface area contributed by atoms with Gasteiger partial charge in [-0.05, 0) is 74.1 Å². The molecule has 0 bridgehead atoms. The molecule has 1 aromatic heterocycles. The van der Waals surface area contributed by atoms with Crippen LogP contribution in [-0.4, -0.2) is 41.4 Å². The van der Waals surface area contributed by atoms with E-state index in [-0.39, 0.29) is 0 Å². The third-order valence-electron chi connectivity index (χ3n) is 3.88. The summed E-state index contributed by atoms with van der Waals surface area (Å²) in [4.78, 5) is 0. The second-order valence-electron chi connectivity index (χ2n) is 5.71. The van der Waals surface area contributed by atoms with E-state index in [0.717, 1.165) is 16.9 Å². The molecule has 0 saturated carbocycles. The average Bonchev–Trinajstić information content (AvgIpc) is 3.08. The molecule has 146 valence electrons. The summed E-state index contributed by atoms with van der Waals surface area (Å²) in [7, 11) is 1.61. The smallest absolute Gasteiger partial charge is 0.216 e. The normalized spacial score (nSPS) is 11.0. The van der Waals surface area contributed by atoms with Crippen molar-refractivity contribution in [2.45, 2.75) is 13.8 Å². The SMILES string of the molecule is CCOc1ccc(-c2n[nH]c(=S)n2/N=C\c2ccc(OCC)c(OC)c2)cc1. The van der Waals surface area contributed by atoms with Crippen molar-refractivity contribution in [3.05, 3.63) is 52.8 Å². The van der Waals surface area contributed by atoms with E-state index in [0.29, 0.717) is 35.3 Å². The van der Waals surface area contributed by atoms with Crippen molar-refractivity contribution in [3.63, 3.8) is 0 Å². The predicted molar refractivity (Wildman–Crippen MR) is 111 cm³/mol. The van der Waals surface area contributed by atoms with Crippen LogP contribution in [0.25, 0.3) is 11.4 Å². The Morgan fingerprint density at radius 3 is 2.50 bits per heavy atom. The van der Waals surface area contributed by atoms with Crippen molar-refractivity contribution in [3.8, 4) is 28.6 Å². The lowest BCUT2D eigenvalue weighted by Crippen LogP contribution is -1.98. The van der Waals surface area contributed by atoms with Gasteiger partial charge in [0.1, 0.15) is 5.75 Å². The number of nitrogens with zero attached hydrogens (tertiary/aromatic N) is 3. The minimum Gasteiger partial charge on any atom is -0.494 e. The molecule has 0 fully saturated rings. The van der Waals surface area contributed by atoms with Crippen LogP contribution in [-0.2, 0) is 0 Å². The Kier molecular flexibility index (Phi) is 6.44. The van der Waals surface area contributed by atoms with Gasteiger partial charge in [-0.1, -0.05) is 0 Å². The molecule has 8 heteroatoms. The Bertz CT molecular complexity index is 1010. The number of hydrogen-bond donors (Lipinski definition) is 1. The lowest BCUT2D eigenvalue weighted by Gasteiger charge is -2.09.